The maximum atomic E-state index is 12.2. The highest BCUT2D eigenvalue weighted by Gasteiger charge is 2.26. The molecular formula is C16H23N3O2. The fraction of sp³-hybridized carbons (Fsp3) is 0.500. The van der Waals surface area contributed by atoms with Crippen molar-refractivity contribution < 1.29 is 9.59 Å². The number of urea groups is 1. The van der Waals surface area contributed by atoms with Gasteiger partial charge in [-0.05, 0) is 45.2 Å². The number of para-hydroxylation sites is 1. The van der Waals surface area contributed by atoms with Crippen molar-refractivity contribution in [3.05, 3.63) is 29.8 Å². The number of hydrogen-bond donors (Lipinski definition) is 2. The molecule has 2 rings (SSSR count). The number of imide groups is 1. The van der Waals surface area contributed by atoms with Crippen LogP contribution in [0.15, 0.2) is 24.3 Å². The second-order valence-electron chi connectivity index (χ2n) is 5.72. The van der Waals surface area contributed by atoms with Crippen molar-refractivity contribution in [1.29, 1.82) is 0 Å². The first-order chi connectivity index (χ1) is 9.99. The second-order valence-corrected chi connectivity index (χ2v) is 5.72. The Hall–Kier alpha value is -2.04. The molecule has 0 saturated heterocycles. The minimum atomic E-state index is -0.438. The Balaban J connectivity index is 2.05. The summed E-state index contributed by atoms with van der Waals surface area (Å²) < 4.78 is 0. The van der Waals surface area contributed by atoms with Crippen molar-refractivity contribution in [1.82, 2.24) is 10.6 Å². The van der Waals surface area contributed by atoms with Crippen molar-refractivity contribution in [3.63, 3.8) is 0 Å². The van der Waals surface area contributed by atoms with E-state index in [0.717, 1.165) is 25.1 Å². The van der Waals surface area contributed by atoms with Gasteiger partial charge in [0, 0.05) is 18.3 Å². The number of fused-ring (bicyclic) bond motifs is 1. The van der Waals surface area contributed by atoms with Crippen LogP contribution in [0.1, 0.15) is 32.8 Å². The molecule has 3 amide bonds. The molecule has 0 fully saturated rings. The molecule has 114 valence electrons. The Kier molecular flexibility index (Phi) is 4.83. The Labute approximate surface area is 125 Å². The summed E-state index contributed by atoms with van der Waals surface area (Å²) in [7, 11) is 0. The first-order valence-electron chi connectivity index (χ1n) is 7.45. The van der Waals surface area contributed by atoms with Crippen LogP contribution in [0.4, 0.5) is 10.5 Å². The molecule has 5 heteroatoms. The molecule has 2 N–H and O–H groups in total. The van der Waals surface area contributed by atoms with Gasteiger partial charge in [0.25, 0.3) is 0 Å². The number of hydrogen-bond acceptors (Lipinski definition) is 3. The molecule has 1 aliphatic rings. The quantitative estimate of drug-likeness (QED) is 0.895. The molecule has 1 aliphatic heterocycles. The Bertz CT molecular complexity index is 528. The van der Waals surface area contributed by atoms with Gasteiger partial charge in [-0.2, -0.15) is 0 Å². The van der Waals surface area contributed by atoms with Gasteiger partial charge in [-0.1, -0.05) is 18.2 Å². The highest BCUT2D eigenvalue weighted by atomic mass is 16.2. The number of nitrogens with one attached hydrogen (secondary N) is 2. The fourth-order valence-corrected chi connectivity index (χ4v) is 2.62. The summed E-state index contributed by atoms with van der Waals surface area (Å²) in [6, 6.07) is 7.32. The summed E-state index contributed by atoms with van der Waals surface area (Å²) in [5.41, 5.74) is 2.35. The van der Waals surface area contributed by atoms with Crippen molar-refractivity contribution in [2.24, 2.45) is 0 Å². The number of amides is 3. The van der Waals surface area contributed by atoms with Gasteiger partial charge in [0.15, 0.2) is 0 Å². The maximum absolute atomic E-state index is 12.2. The third kappa shape index (κ3) is 3.74. The normalized spacial score (nSPS) is 15.3. The van der Waals surface area contributed by atoms with Crippen LogP contribution < -0.4 is 15.5 Å². The van der Waals surface area contributed by atoms with Crippen molar-refractivity contribution in [3.8, 4) is 0 Å². The number of benzene rings is 1. The summed E-state index contributed by atoms with van der Waals surface area (Å²) in [6.07, 6.45) is 2.06. The predicted octanol–water partition coefficient (Wildman–Crippen LogP) is 2.06. The van der Waals surface area contributed by atoms with Gasteiger partial charge in [0.1, 0.15) is 6.04 Å². The maximum Gasteiger partial charge on any atom is 0.321 e. The summed E-state index contributed by atoms with van der Waals surface area (Å²) in [6.45, 7) is 6.38. The van der Waals surface area contributed by atoms with Gasteiger partial charge >= 0.3 is 6.03 Å². The SMILES string of the molecule is CC(C)NC(=O)NC(=O)[C@H](C)N1CCCc2ccccc21. The second kappa shape index (κ2) is 6.61. The minimum Gasteiger partial charge on any atom is -0.360 e. The third-order valence-electron chi connectivity index (χ3n) is 3.65. The average Bonchev–Trinajstić information content (AvgIpc) is 2.44. The molecule has 0 aromatic heterocycles. The van der Waals surface area contributed by atoms with E-state index in [-0.39, 0.29) is 18.0 Å². The van der Waals surface area contributed by atoms with E-state index in [1.807, 2.05) is 39.0 Å². The topological polar surface area (TPSA) is 61.4 Å². The van der Waals surface area contributed by atoms with Crippen LogP contribution in [-0.4, -0.2) is 30.6 Å². The smallest absolute Gasteiger partial charge is 0.321 e. The molecule has 1 aromatic carbocycles. The van der Waals surface area contributed by atoms with Crippen LogP contribution in [0.5, 0.6) is 0 Å². The van der Waals surface area contributed by atoms with E-state index < -0.39 is 6.03 Å². The minimum absolute atomic E-state index is 0.00354. The van der Waals surface area contributed by atoms with Gasteiger partial charge in [-0.15, -0.1) is 0 Å². The largest absolute Gasteiger partial charge is 0.360 e. The third-order valence-corrected chi connectivity index (χ3v) is 3.65. The lowest BCUT2D eigenvalue weighted by Gasteiger charge is -2.35. The van der Waals surface area contributed by atoms with E-state index in [2.05, 4.69) is 21.6 Å². The van der Waals surface area contributed by atoms with Crippen LogP contribution in [0.2, 0.25) is 0 Å². The lowest BCUT2D eigenvalue weighted by molar-refractivity contribution is -0.121. The summed E-state index contributed by atoms with van der Waals surface area (Å²) in [5.74, 6) is -0.273. The monoisotopic (exact) mass is 289 g/mol. The van der Waals surface area contributed by atoms with E-state index >= 15 is 0 Å². The Morgan fingerprint density at radius 1 is 1.19 bits per heavy atom. The lowest BCUT2D eigenvalue weighted by Crippen LogP contribution is -2.51. The molecule has 0 radical (unpaired) electrons. The van der Waals surface area contributed by atoms with Crippen molar-refractivity contribution in [2.45, 2.75) is 45.7 Å². The highest BCUT2D eigenvalue weighted by molar-refractivity contribution is 5.98. The standard InChI is InChI=1S/C16H23N3O2/c1-11(2)17-16(21)18-15(20)12(3)19-10-6-8-13-7-4-5-9-14(13)19/h4-5,7,9,11-12H,6,8,10H2,1-3H3,(H2,17,18,20,21)/t12-/m0/s1. The van der Waals surface area contributed by atoms with E-state index in [9.17, 15) is 9.59 Å². The molecule has 1 atom stereocenters. The van der Waals surface area contributed by atoms with Gasteiger partial charge in [-0.3, -0.25) is 10.1 Å². The molecule has 0 aliphatic carbocycles. The molecule has 0 bridgehead atoms. The molecule has 5 nitrogen and oxygen atoms in total. The van der Waals surface area contributed by atoms with Crippen molar-refractivity contribution in [2.75, 3.05) is 11.4 Å². The molecule has 0 spiro atoms. The fourth-order valence-electron chi connectivity index (χ4n) is 2.62. The summed E-state index contributed by atoms with van der Waals surface area (Å²) >= 11 is 0. The number of rotatable bonds is 3. The van der Waals surface area contributed by atoms with E-state index in [0.29, 0.717) is 0 Å². The molecule has 0 unspecified atom stereocenters. The lowest BCUT2D eigenvalue weighted by atomic mass is 10.00. The Morgan fingerprint density at radius 3 is 2.62 bits per heavy atom. The van der Waals surface area contributed by atoms with Gasteiger partial charge in [-0.25, -0.2) is 4.79 Å². The van der Waals surface area contributed by atoms with Gasteiger partial charge in [0.05, 0.1) is 0 Å². The Morgan fingerprint density at radius 2 is 1.90 bits per heavy atom. The van der Waals surface area contributed by atoms with Crippen molar-refractivity contribution >= 4 is 17.6 Å². The van der Waals surface area contributed by atoms with Crippen LogP contribution in [0.3, 0.4) is 0 Å². The molecule has 1 aromatic rings. The number of anilines is 1. The van der Waals surface area contributed by atoms with E-state index in [1.54, 1.807) is 0 Å². The predicted molar refractivity (Wildman–Crippen MR) is 83.4 cm³/mol. The van der Waals surface area contributed by atoms with Crippen LogP contribution in [0.25, 0.3) is 0 Å². The van der Waals surface area contributed by atoms with Crippen LogP contribution >= 0.6 is 0 Å². The molecule has 0 saturated carbocycles. The number of carbonyl (C=O) groups excluding carboxylic acids is 2. The van der Waals surface area contributed by atoms with Gasteiger partial charge < -0.3 is 10.2 Å². The zero-order valence-electron chi connectivity index (χ0n) is 12.8. The first-order valence-corrected chi connectivity index (χ1v) is 7.45. The van der Waals surface area contributed by atoms with E-state index in [4.69, 9.17) is 0 Å². The zero-order valence-corrected chi connectivity index (χ0v) is 12.8. The average molecular weight is 289 g/mol. The summed E-state index contributed by atoms with van der Waals surface area (Å²) in [4.78, 5) is 25.9. The highest BCUT2D eigenvalue weighted by Crippen LogP contribution is 2.28. The molecule has 1 heterocycles. The summed E-state index contributed by atoms with van der Waals surface area (Å²) in [5, 5.41) is 5.07. The van der Waals surface area contributed by atoms with Gasteiger partial charge in [0.2, 0.25) is 5.91 Å². The van der Waals surface area contributed by atoms with Crippen LogP contribution in [0, 0.1) is 0 Å². The number of carbonyl (C=O) groups is 2. The zero-order chi connectivity index (χ0) is 15.4. The number of aryl methyl sites for hydroxylation is 1. The number of nitrogens with zero attached hydrogens (tertiary/aromatic N) is 1. The van der Waals surface area contributed by atoms with E-state index in [1.165, 1.54) is 5.56 Å². The molecular weight excluding hydrogens is 266 g/mol. The first kappa shape index (κ1) is 15.4. The van der Waals surface area contributed by atoms with Crippen LogP contribution in [-0.2, 0) is 11.2 Å². The molecule has 21 heavy (non-hydrogen) atoms.